The third-order valence-electron chi connectivity index (χ3n) is 2.48. The molecule has 0 bridgehead atoms. The van der Waals surface area contributed by atoms with Gasteiger partial charge in [-0.05, 0) is 34.7 Å². The van der Waals surface area contributed by atoms with Crippen molar-refractivity contribution in [1.82, 2.24) is 5.32 Å². The molecular formula is C14H16ClNS. The van der Waals surface area contributed by atoms with Gasteiger partial charge in [-0.2, -0.15) is 0 Å². The van der Waals surface area contributed by atoms with Crippen molar-refractivity contribution < 1.29 is 0 Å². The van der Waals surface area contributed by atoms with Crippen LogP contribution >= 0.6 is 22.9 Å². The van der Waals surface area contributed by atoms with Crippen LogP contribution in [-0.4, -0.2) is 6.04 Å². The molecule has 0 aliphatic rings. The lowest BCUT2D eigenvalue weighted by Gasteiger charge is -2.05. The largest absolute Gasteiger partial charge is 0.310 e. The van der Waals surface area contributed by atoms with Crippen LogP contribution in [0.2, 0.25) is 5.02 Å². The molecule has 0 saturated carbocycles. The fourth-order valence-electron chi connectivity index (χ4n) is 1.58. The van der Waals surface area contributed by atoms with Gasteiger partial charge in [0.15, 0.2) is 0 Å². The third-order valence-corrected chi connectivity index (χ3v) is 3.74. The molecule has 0 radical (unpaired) electrons. The predicted molar refractivity (Wildman–Crippen MR) is 76.7 cm³/mol. The van der Waals surface area contributed by atoms with Gasteiger partial charge in [0.05, 0.1) is 0 Å². The van der Waals surface area contributed by atoms with Crippen LogP contribution in [0, 0.1) is 0 Å². The first kappa shape index (κ1) is 12.6. The van der Waals surface area contributed by atoms with E-state index in [0.29, 0.717) is 6.04 Å². The highest BCUT2D eigenvalue weighted by atomic mass is 35.5. The molecule has 1 heterocycles. The van der Waals surface area contributed by atoms with E-state index in [4.69, 9.17) is 11.6 Å². The van der Waals surface area contributed by atoms with Gasteiger partial charge in [0.1, 0.15) is 0 Å². The van der Waals surface area contributed by atoms with Gasteiger partial charge in [-0.15, -0.1) is 11.3 Å². The summed E-state index contributed by atoms with van der Waals surface area (Å²) in [6.07, 6.45) is 0. The monoisotopic (exact) mass is 265 g/mol. The molecule has 0 fully saturated rings. The van der Waals surface area contributed by atoms with E-state index >= 15 is 0 Å². The quantitative estimate of drug-likeness (QED) is 0.854. The molecule has 1 N–H and O–H groups in total. The summed E-state index contributed by atoms with van der Waals surface area (Å²) in [4.78, 5) is 1.27. The number of hydrogen-bond acceptors (Lipinski definition) is 2. The maximum absolute atomic E-state index is 6.00. The van der Waals surface area contributed by atoms with Crippen molar-refractivity contribution in [3.8, 4) is 10.4 Å². The van der Waals surface area contributed by atoms with E-state index in [1.54, 1.807) is 11.3 Å². The van der Waals surface area contributed by atoms with Crippen molar-refractivity contribution in [2.75, 3.05) is 0 Å². The minimum Gasteiger partial charge on any atom is -0.310 e. The zero-order valence-corrected chi connectivity index (χ0v) is 11.6. The molecule has 0 saturated heterocycles. The first-order valence-electron chi connectivity index (χ1n) is 5.72. The average Bonchev–Trinajstić information content (AvgIpc) is 2.75. The molecule has 2 rings (SSSR count). The molecule has 0 atom stereocenters. The Morgan fingerprint density at radius 2 is 2.12 bits per heavy atom. The Hall–Kier alpha value is -0.830. The van der Waals surface area contributed by atoms with E-state index in [9.17, 15) is 0 Å². The fraction of sp³-hybridized carbons (Fsp3) is 0.286. The standard InChI is InChI=1S/C14H16ClNS/c1-10(2)16-8-11-6-14(17-9-11)12-4-3-5-13(15)7-12/h3-7,9-10,16H,8H2,1-2H3. The van der Waals surface area contributed by atoms with Crippen molar-refractivity contribution in [1.29, 1.82) is 0 Å². The van der Waals surface area contributed by atoms with E-state index in [1.165, 1.54) is 16.0 Å². The Morgan fingerprint density at radius 1 is 1.29 bits per heavy atom. The van der Waals surface area contributed by atoms with Gasteiger partial charge in [0, 0.05) is 22.5 Å². The summed E-state index contributed by atoms with van der Waals surface area (Å²) in [5.41, 5.74) is 2.52. The molecule has 0 aliphatic carbocycles. The summed E-state index contributed by atoms with van der Waals surface area (Å²) < 4.78 is 0. The van der Waals surface area contributed by atoms with Crippen LogP contribution in [0.4, 0.5) is 0 Å². The molecule has 90 valence electrons. The molecular weight excluding hydrogens is 250 g/mol. The maximum Gasteiger partial charge on any atom is 0.0412 e. The Balaban J connectivity index is 2.12. The zero-order chi connectivity index (χ0) is 12.3. The van der Waals surface area contributed by atoms with Gasteiger partial charge in [-0.25, -0.2) is 0 Å². The van der Waals surface area contributed by atoms with E-state index in [1.807, 2.05) is 18.2 Å². The molecule has 3 heteroatoms. The SMILES string of the molecule is CC(C)NCc1csc(-c2cccc(Cl)c2)c1. The number of rotatable bonds is 4. The van der Waals surface area contributed by atoms with Gasteiger partial charge in [0.25, 0.3) is 0 Å². The number of thiophene rings is 1. The molecule has 2 aromatic rings. The minimum absolute atomic E-state index is 0.518. The summed E-state index contributed by atoms with van der Waals surface area (Å²) in [5.74, 6) is 0. The lowest BCUT2D eigenvalue weighted by molar-refractivity contribution is 0.590. The minimum atomic E-state index is 0.518. The maximum atomic E-state index is 6.00. The van der Waals surface area contributed by atoms with Crippen molar-refractivity contribution in [2.24, 2.45) is 0 Å². The zero-order valence-electron chi connectivity index (χ0n) is 10.0. The number of halogens is 1. The molecule has 0 amide bonds. The van der Waals surface area contributed by atoms with Gasteiger partial charge < -0.3 is 5.32 Å². The van der Waals surface area contributed by atoms with Crippen molar-refractivity contribution in [2.45, 2.75) is 26.4 Å². The lowest BCUT2D eigenvalue weighted by atomic mass is 10.1. The number of hydrogen-bond donors (Lipinski definition) is 1. The Bertz CT molecular complexity index is 490. The first-order valence-corrected chi connectivity index (χ1v) is 6.97. The molecule has 0 spiro atoms. The second-order valence-corrected chi connectivity index (χ2v) is 5.71. The number of benzene rings is 1. The van der Waals surface area contributed by atoms with E-state index < -0.39 is 0 Å². The van der Waals surface area contributed by atoms with Crippen molar-refractivity contribution in [3.05, 3.63) is 46.3 Å². The molecule has 1 nitrogen and oxygen atoms in total. The summed E-state index contributed by atoms with van der Waals surface area (Å²) in [7, 11) is 0. The molecule has 0 aliphatic heterocycles. The fourth-order valence-corrected chi connectivity index (χ4v) is 2.69. The Labute approximate surface area is 111 Å². The van der Waals surface area contributed by atoms with Crippen LogP contribution in [0.3, 0.4) is 0 Å². The Morgan fingerprint density at radius 3 is 2.82 bits per heavy atom. The van der Waals surface area contributed by atoms with Gasteiger partial charge in [-0.1, -0.05) is 37.6 Å². The molecule has 1 aromatic heterocycles. The van der Waals surface area contributed by atoms with E-state index in [0.717, 1.165) is 11.6 Å². The Kier molecular flexibility index (Phi) is 4.21. The van der Waals surface area contributed by atoms with Crippen LogP contribution < -0.4 is 5.32 Å². The highest BCUT2D eigenvalue weighted by Gasteiger charge is 2.03. The van der Waals surface area contributed by atoms with E-state index in [2.05, 4.69) is 36.7 Å². The first-order chi connectivity index (χ1) is 8.15. The predicted octanol–water partition coefficient (Wildman–Crippen LogP) is 4.57. The van der Waals surface area contributed by atoms with Gasteiger partial charge in [-0.3, -0.25) is 0 Å². The van der Waals surface area contributed by atoms with Crippen LogP contribution in [0.1, 0.15) is 19.4 Å². The summed E-state index contributed by atoms with van der Waals surface area (Å²) in [5, 5.41) is 6.41. The topological polar surface area (TPSA) is 12.0 Å². The van der Waals surface area contributed by atoms with Crippen LogP contribution in [0.25, 0.3) is 10.4 Å². The lowest BCUT2D eigenvalue weighted by Crippen LogP contribution is -2.21. The highest BCUT2D eigenvalue weighted by molar-refractivity contribution is 7.13. The average molecular weight is 266 g/mol. The molecule has 1 aromatic carbocycles. The summed E-state index contributed by atoms with van der Waals surface area (Å²) in [6, 6.07) is 10.7. The molecule has 17 heavy (non-hydrogen) atoms. The second kappa shape index (κ2) is 5.67. The van der Waals surface area contributed by atoms with Crippen LogP contribution in [0.5, 0.6) is 0 Å². The van der Waals surface area contributed by atoms with Crippen molar-refractivity contribution in [3.63, 3.8) is 0 Å². The van der Waals surface area contributed by atoms with Gasteiger partial charge >= 0.3 is 0 Å². The second-order valence-electron chi connectivity index (χ2n) is 4.37. The summed E-state index contributed by atoms with van der Waals surface area (Å²) in [6.45, 7) is 5.24. The van der Waals surface area contributed by atoms with Crippen LogP contribution in [-0.2, 0) is 6.54 Å². The van der Waals surface area contributed by atoms with Crippen molar-refractivity contribution >= 4 is 22.9 Å². The third kappa shape index (κ3) is 3.56. The van der Waals surface area contributed by atoms with E-state index in [-0.39, 0.29) is 0 Å². The van der Waals surface area contributed by atoms with Gasteiger partial charge in [0.2, 0.25) is 0 Å². The smallest absolute Gasteiger partial charge is 0.0412 e. The number of nitrogens with one attached hydrogen (secondary N) is 1. The van der Waals surface area contributed by atoms with Crippen LogP contribution in [0.15, 0.2) is 35.7 Å². The normalized spacial score (nSPS) is 11.1. The summed E-state index contributed by atoms with van der Waals surface area (Å²) >= 11 is 7.76. The highest BCUT2D eigenvalue weighted by Crippen LogP contribution is 2.28. The molecule has 0 unspecified atom stereocenters.